The van der Waals surface area contributed by atoms with E-state index in [2.05, 4.69) is 22.8 Å². The van der Waals surface area contributed by atoms with Crippen molar-refractivity contribution in [1.29, 1.82) is 0 Å². The van der Waals surface area contributed by atoms with Crippen molar-refractivity contribution in [3.63, 3.8) is 0 Å². The number of nitrogens with zero attached hydrogens (tertiary/aromatic N) is 3. The average Bonchev–Trinajstić information content (AvgIpc) is 2.84. The second-order valence-electron chi connectivity index (χ2n) is 9.62. The van der Waals surface area contributed by atoms with Gasteiger partial charge < -0.3 is 29.3 Å². The molecule has 3 aliphatic rings. The van der Waals surface area contributed by atoms with E-state index < -0.39 is 12.2 Å². The fourth-order valence-corrected chi connectivity index (χ4v) is 5.16. The van der Waals surface area contributed by atoms with E-state index in [1.54, 1.807) is 7.11 Å². The van der Waals surface area contributed by atoms with Gasteiger partial charge in [0.2, 0.25) is 0 Å². The van der Waals surface area contributed by atoms with Crippen LogP contribution in [0, 0.1) is 5.92 Å². The third-order valence-corrected chi connectivity index (χ3v) is 7.38. The number of rotatable bonds is 6. The van der Waals surface area contributed by atoms with Crippen LogP contribution in [0.5, 0.6) is 5.75 Å². The Hall–Kier alpha value is -1.83. The van der Waals surface area contributed by atoms with Crippen molar-refractivity contribution in [3.8, 4) is 5.75 Å². The molecule has 3 heterocycles. The zero-order chi connectivity index (χ0) is 22.5. The van der Waals surface area contributed by atoms with Crippen LogP contribution in [0.2, 0.25) is 0 Å². The number of para-hydroxylation sites is 2. The van der Waals surface area contributed by atoms with Crippen LogP contribution in [0.25, 0.3) is 0 Å². The first-order valence-electron chi connectivity index (χ1n) is 12.3. The molecule has 0 aliphatic carbocycles. The molecule has 0 spiro atoms. The Kier molecular flexibility index (Phi) is 7.92. The first-order valence-corrected chi connectivity index (χ1v) is 12.3. The maximum Gasteiger partial charge on any atom is 0.254 e. The van der Waals surface area contributed by atoms with E-state index in [9.17, 15) is 9.90 Å². The summed E-state index contributed by atoms with van der Waals surface area (Å²) in [6.45, 7) is 8.41. The number of likely N-dealkylation sites (tertiary alicyclic amines) is 1. The lowest BCUT2D eigenvalue weighted by atomic mass is 9.96. The average molecular weight is 446 g/mol. The Morgan fingerprint density at radius 2 is 1.78 bits per heavy atom. The maximum absolute atomic E-state index is 13.2. The number of benzene rings is 1. The molecule has 3 aliphatic heterocycles. The molecule has 0 saturated carbocycles. The fourth-order valence-electron chi connectivity index (χ4n) is 5.16. The van der Waals surface area contributed by atoms with Crippen LogP contribution in [0.4, 0.5) is 5.69 Å². The van der Waals surface area contributed by atoms with Gasteiger partial charge in [0, 0.05) is 32.7 Å². The summed E-state index contributed by atoms with van der Waals surface area (Å²) in [5, 5.41) is 10.5. The molecule has 178 valence electrons. The second kappa shape index (κ2) is 10.9. The van der Waals surface area contributed by atoms with Crippen LogP contribution in [0.3, 0.4) is 0 Å². The number of anilines is 1. The lowest BCUT2D eigenvalue weighted by molar-refractivity contribution is -0.168. The van der Waals surface area contributed by atoms with Crippen LogP contribution in [-0.4, -0.2) is 92.0 Å². The van der Waals surface area contributed by atoms with E-state index in [4.69, 9.17) is 9.47 Å². The predicted octanol–water partition coefficient (Wildman–Crippen LogP) is 2.37. The van der Waals surface area contributed by atoms with Gasteiger partial charge in [0.1, 0.15) is 5.75 Å². The van der Waals surface area contributed by atoms with Crippen LogP contribution in [-0.2, 0) is 9.53 Å². The normalized spacial score (nSPS) is 28.0. The molecule has 0 bridgehead atoms. The van der Waals surface area contributed by atoms with E-state index in [1.165, 1.54) is 12.8 Å². The van der Waals surface area contributed by atoms with Gasteiger partial charge >= 0.3 is 0 Å². The van der Waals surface area contributed by atoms with E-state index in [-0.39, 0.29) is 12.0 Å². The number of hydrogen-bond donors (Lipinski definition) is 1. The van der Waals surface area contributed by atoms with Crippen LogP contribution in [0.15, 0.2) is 24.3 Å². The number of carbonyl (C=O) groups excluding carboxylic acids is 1. The van der Waals surface area contributed by atoms with E-state index in [0.717, 1.165) is 62.9 Å². The highest BCUT2D eigenvalue weighted by Gasteiger charge is 2.38. The SMILES string of the molecule is COc1ccccc1N1CCN(C(=O)[C@H]2O[C@H](CCN3CCC(C)CC3)CC[C@@H]2O)CC1. The number of carbonyl (C=O) groups is 1. The molecule has 1 aromatic rings. The molecule has 7 heteroatoms. The molecule has 32 heavy (non-hydrogen) atoms. The van der Waals surface area contributed by atoms with Gasteiger partial charge in [-0.25, -0.2) is 0 Å². The first kappa shape index (κ1) is 23.3. The Morgan fingerprint density at radius 1 is 1.06 bits per heavy atom. The second-order valence-corrected chi connectivity index (χ2v) is 9.62. The molecule has 1 N–H and O–H groups in total. The molecule has 3 saturated heterocycles. The topological polar surface area (TPSA) is 65.5 Å². The molecule has 0 aromatic heterocycles. The van der Waals surface area contributed by atoms with Crippen molar-refractivity contribution < 1.29 is 19.4 Å². The number of methoxy groups -OCH3 is 1. The number of ether oxygens (including phenoxy) is 2. The van der Waals surface area contributed by atoms with Gasteiger partial charge in [-0.3, -0.25) is 4.79 Å². The Balaban J connectivity index is 1.27. The summed E-state index contributed by atoms with van der Waals surface area (Å²) < 4.78 is 11.7. The van der Waals surface area contributed by atoms with E-state index in [1.807, 2.05) is 23.1 Å². The van der Waals surface area contributed by atoms with Gasteiger partial charge in [0.25, 0.3) is 5.91 Å². The van der Waals surface area contributed by atoms with Crippen molar-refractivity contribution in [3.05, 3.63) is 24.3 Å². The summed E-state index contributed by atoms with van der Waals surface area (Å²) in [6, 6.07) is 7.99. The van der Waals surface area contributed by atoms with Crippen LogP contribution in [0.1, 0.15) is 39.0 Å². The molecule has 1 aromatic carbocycles. The minimum atomic E-state index is -0.729. The van der Waals surface area contributed by atoms with Crippen molar-refractivity contribution in [2.24, 2.45) is 5.92 Å². The summed E-state index contributed by atoms with van der Waals surface area (Å²) in [5.74, 6) is 1.62. The highest BCUT2D eigenvalue weighted by molar-refractivity contribution is 5.82. The molecule has 0 radical (unpaired) electrons. The zero-order valence-corrected chi connectivity index (χ0v) is 19.6. The molecule has 1 amide bonds. The largest absolute Gasteiger partial charge is 0.495 e. The van der Waals surface area contributed by atoms with Gasteiger partial charge in [-0.2, -0.15) is 0 Å². The van der Waals surface area contributed by atoms with E-state index in [0.29, 0.717) is 19.5 Å². The van der Waals surface area contributed by atoms with Crippen LogP contribution < -0.4 is 9.64 Å². The number of piperidine rings is 1. The first-order chi connectivity index (χ1) is 15.5. The third kappa shape index (κ3) is 5.56. The van der Waals surface area contributed by atoms with E-state index >= 15 is 0 Å². The number of hydrogen-bond acceptors (Lipinski definition) is 6. The molecule has 3 atom stereocenters. The third-order valence-electron chi connectivity index (χ3n) is 7.38. The smallest absolute Gasteiger partial charge is 0.254 e. The highest BCUT2D eigenvalue weighted by Crippen LogP contribution is 2.29. The van der Waals surface area contributed by atoms with Gasteiger partial charge in [0.15, 0.2) is 6.10 Å². The van der Waals surface area contributed by atoms with Gasteiger partial charge in [-0.15, -0.1) is 0 Å². The fraction of sp³-hybridized carbons (Fsp3) is 0.720. The van der Waals surface area contributed by atoms with Gasteiger partial charge in [0.05, 0.1) is 25.0 Å². The zero-order valence-electron chi connectivity index (χ0n) is 19.6. The monoisotopic (exact) mass is 445 g/mol. The summed E-state index contributed by atoms with van der Waals surface area (Å²) in [5.41, 5.74) is 1.06. The predicted molar refractivity (Wildman–Crippen MR) is 125 cm³/mol. The number of aliphatic hydroxyl groups is 1. The molecule has 7 nitrogen and oxygen atoms in total. The summed E-state index contributed by atoms with van der Waals surface area (Å²) >= 11 is 0. The number of aliphatic hydroxyl groups excluding tert-OH is 1. The van der Waals surface area contributed by atoms with Gasteiger partial charge in [-0.05, 0) is 63.2 Å². The molecular formula is C25H39N3O4. The van der Waals surface area contributed by atoms with Gasteiger partial charge in [-0.1, -0.05) is 19.1 Å². The quantitative estimate of drug-likeness (QED) is 0.725. The maximum atomic E-state index is 13.2. The highest BCUT2D eigenvalue weighted by atomic mass is 16.5. The molecule has 4 rings (SSSR count). The molecular weight excluding hydrogens is 406 g/mol. The number of piperazine rings is 1. The van der Waals surface area contributed by atoms with Crippen molar-refractivity contribution in [2.45, 2.75) is 57.3 Å². The lowest BCUT2D eigenvalue weighted by Crippen LogP contribution is -2.56. The van der Waals surface area contributed by atoms with Crippen LogP contribution >= 0.6 is 0 Å². The Labute approximate surface area is 192 Å². The Morgan fingerprint density at radius 3 is 2.50 bits per heavy atom. The Bertz CT molecular complexity index is 744. The van der Waals surface area contributed by atoms with Crippen molar-refractivity contribution >= 4 is 11.6 Å². The summed E-state index contributed by atoms with van der Waals surface area (Å²) in [7, 11) is 1.68. The molecule has 3 fully saturated rings. The minimum absolute atomic E-state index is 0.0570. The lowest BCUT2D eigenvalue weighted by Gasteiger charge is -2.41. The minimum Gasteiger partial charge on any atom is -0.495 e. The van der Waals surface area contributed by atoms with Crippen molar-refractivity contribution in [1.82, 2.24) is 9.80 Å². The standard InChI is InChI=1S/C25H39N3O4/c1-19-9-12-26(13-10-19)14-11-20-7-8-22(29)24(32-20)25(30)28-17-15-27(16-18-28)21-5-3-4-6-23(21)31-2/h3-6,19-20,22,24,29H,7-18H2,1-2H3/t20-,22-,24-/m0/s1. The van der Waals surface area contributed by atoms with Crippen molar-refractivity contribution in [2.75, 3.05) is 57.8 Å². The summed E-state index contributed by atoms with van der Waals surface area (Å²) in [6.07, 6.45) is 3.57. The summed E-state index contributed by atoms with van der Waals surface area (Å²) in [4.78, 5) is 19.8. The molecule has 0 unspecified atom stereocenters. The number of amides is 1.